The molecule has 30 nitrogen and oxygen atoms in total. The highest BCUT2D eigenvalue weighted by molar-refractivity contribution is 14.1. The van der Waals surface area contributed by atoms with Crippen LogP contribution in [-0.2, 0) is 14.4 Å². The van der Waals surface area contributed by atoms with Gasteiger partial charge in [0.05, 0.1) is 130 Å². The highest BCUT2D eigenvalue weighted by Gasteiger charge is 2.36. The van der Waals surface area contributed by atoms with E-state index in [0.29, 0.717) is 0 Å². The lowest BCUT2D eigenvalue weighted by Gasteiger charge is -2.31. The number of carbonyl (C=O) groups is 9. The summed E-state index contributed by atoms with van der Waals surface area (Å²) >= 11 is 12.1. The summed E-state index contributed by atoms with van der Waals surface area (Å²) in [6.45, 7) is -5.47. The normalized spacial score (nSPS) is 13.3. The Balaban J connectivity index is 2.39. The van der Waals surface area contributed by atoms with E-state index in [1.165, 1.54) is 27.9 Å². The van der Waals surface area contributed by atoms with Crippen molar-refractivity contribution in [2.45, 2.75) is 50.5 Å². The molecule has 3 rings (SSSR count). The fourth-order valence-corrected chi connectivity index (χ4v) is 17.2. The predicted molar refractivity (Wildman–Crippen MR) is 369 cm³/mol. The monoisotopic (exact) mass is 2010 g/mol. The summed E-state index contributed by atoms with van der Waals surface area (Å²) in [4.78, 5) is 130. The maximum atomic E-state index is 15.6. The highest BCUT2D eigenvalue weighted by Crippen LogP contribution is 2.39. The molecule has 0 aliphatic carbocycles. The first kappa shape index (κ1) is 78.8. The van der Waals surface area contributed by atoms with Crippen LogP contribution in [0.1, 0.15) is 73.3 Å². The van der Waals surface area contributed by atoms with E-state index in [9.17, 15) is 99.6 Å². The first-order valence-corrected chi connectivity index (χ1v) is 32.8. The lowest BCUT2D eigenvalue weighted by atomic mass is 9.98. The van der Waals surface area contributed by atoms with Gasteiger partial charge in [0.15, 0.2) is 18.3 Å². The standard InChI is InChI=1S/C50H62I7N9O21/c1-18-26(45(82)58-9-20(73)12-67)33(52)39(61-42(79)23(76)15-70)35(54)28(18)48(85)64(3)5-7-66(50(87)29-19(2)27(46(83)59-10-21(74)13-68)34(53)40(36(29)55)62-43(80)24(77)16-71)8-6-65(4)49(86)31-32(51)30(47(84)60-11-22(75)14-69)37(56)41(38(31)57)63-44(81)25(78)17-72/h20-25,67-78H,5-17H2,1-4H3,(H,58,82)(H,59,83)(H,60,84)(H,61,79)(H,62,80)(H,63,81). The second kappa shape index (κ2) is 36.7. The molecule has 6 unspecified atom stereocenters. The van der Waals surface area contributed by atoms with Crippen LogP contribution in [-0.4, -0.2) is 265 Å². The van der Waals surface area contributed by atoms with Crippen molar-refractivity contribution in [2.75, 3.05) is 116 Å². The number of hydrogen-bond donors (Lipinski definition) is 18. The van der Waals surface area contributed by atoms with Crippen molar-refractivity contribution in [3.8, 4) is 0 Å². The molecular weight excluding hydrogens is 1950 g/mol. The number of nitrogens with zero attached hydrogens (tertiary/aromatic N) is 3. The van der Waals surface area contributed by atoms with Crippen molar-refractivity contribution in [2.24, 2.45) is 0 Å². The van der Waals surface area contributed by atoms with Gasteiger partial charge >= 0.3 is 0 Å². The molecule has 18 N–H and O–H groups in total. The van der Waals surface area contributed by atoms with Gasteiger partial charge in [-0.05, 0) is 183 Å². The van der Waals surface area contributed by atoms with Crippen LogP contribution in [0.5, 0.6) is 0 Å². The molecule has 0 fully saturated rings. The summed E-state index contributed by atoms with van der Waals surface area (Å²) in [5.41, 5.74) is -1.68. The van der Waals surface area contributed by atoms with Crippen molar-refractivity contribution in [3.63, 3.8) is 0 Å². The van der Waals surface area contributed by atoms with Gasteiger partial charge < -0.3 is 108 Å². The van der Waals surface area contributed by atoms with E-state index in [1.807, 2.05) is 0 Å². The fraction of sp³-hybridized carbons (Fsp3) is 0.460. The number of anilines is 3. The number of benzene rings is 3. The Hall–Kier alpha value is -2.48. The molecule has 0 spiro atoms. The Morgan fingerprint density at radius 2 is 0.632 bits per heavy atom. The average Bonchev–Trinajstić information content (AvgIpc) is 2.66. The van der Waals surface area contributed by atoms with E-state index < -0.39 is 175 Å². The van der Waals surface area contributed by atoms with Gasteiger partial charge in [-0.1, -0.05) is 0 Å². The summed E-state index contributed by atoms with van der Waals surface area (Å²) < 4.78 is 0.214. The van der Waals surface area contributed by atoms with Crippen LogP contribution in [0.25, 0.3) is 0 Å². The molecule has 0 aliphatic rings. The van der Waals surface area contributed by atoms with Gasteiger partial charge in [0.1, 0.15) is 0 Å². The van der Waals surface area contributed by atoms with Crippen molar-refractivity contribution >= 4 is 228 Å². The SMILES string of the molecule is Cc1c(C(=O)NCC(O)CO)c(I)c(NC(=O)C(O)CO)c(I)c1C(=O)N(C)CCN(CCN(C)C(=O)c1c(I)c(NC(=O)C(O)CO)c(I)c(C(=O)NCC(O)CO)c1I)C(=O)c1c(C)c(C(=O)NCC(O)CO)c(I)c(NC(=O)C(O)CO)c1I. The zero-order chi connectivity index (χ0) is 66.2. The Labute approximate surface area is 592 Å². The summed E-state index contributed by atoms with van der Waals surface area (Å²) in [5, 5.41) is 133. The van der Waals surface area contributed by atoms with Crippen LogP contribution in [0.15, 0.2) is 0 Å². The maximum absolute atomic E-state index is 15.6. The summed E-state index contributed by atoms with van der Waals surface area (Å²) in [6.07, 6.45) is -10.1. The van der Waals surface area contributed by atoms with Crippen LogP contribution in [0.3, 0.4) is 0 Å². The van der Waals surface area contributed by atoms with Gasteiger partial charge in [-0.3, -0.25) is 43.2 Å². The summed E-state index contributed by atoms with van der Waals surface area (Å²) in [6, 6.07) is 0. The van der Waals surface area contributed by atoms with Crippen molar-refractivity contribution in [1.29, 1.82) is 0 Å². The molecule has 9 amide bonds. The Kier molecular flexibility index (Phi) is 33.2. The van der Waals surface area contributed by atoms with Crippen molar-refractivity contribution in [1.82, 2.24) is 30.7 Å². The van der Waals surface area contributed by atoms with Crippen molar-refractivity contribution < 1.29 is 104 Å². The van der Waals surface area contributed by atoms with E-state index >= 15 is 4.79 Å². The summed E-state index contributed by atoms with van der Waals surface area (Å²) in [7, 11) is 2.63. The van der Waals surface area contributed by atoms with Gasteiger partial charge in [-0.2, -0.15) is 0 Å². The zero-order valence-electron chi connectivity index (χ0n) is 46.2. The number of aliphatic hydroxyl groups is 12. The number of rotatable bonds is 30. The van der Waals surface area contributed by atoms with Crippen LogP contribution >= 0.6 is 158 Å². The number of carbonyl (C=O) groups excluding carboxylic acids is 9. The van der Waals surface area contributed by atoms with Gasteiger partial charge in [0.25, 0.3) is 53.2 Å². The predicted octanol–water partition coefficient (Wildman–Crippen LogP) is -2.35. The van der Waals surface area contributed by atoms with Crippen molar-refractivity contribution in [3.05, 3.63) is 69.5 Å². The molecular formula is C50H62I7N9O21. The molecule has 0 saturated carbocycles. The van der Waals surface area contributed by atoms with E-state index in [-0.39, 0.29) is 86.6 Å². The Morgan fingerprint density at radius 1 is 0.368 bits per heavy atom. The molecule has 0 aromatic heterocycles. The third kappa shape index (κ3) is 20.0. The minimum Gasteiger partial charge on any atom is -0.394 e. The third-order valence-corrected chi connectivity index (χ3v) is 20.1. The first-order chi connectivity index (χ1) is 40.7. The molecule has 87 heavy (non-hydrogen) atoms. The Bertz CT molecular complexity index is 2980. The fourth-order valence-electron chi connectivity index (χ4n) is 7.59. The Morgan fingerprint density at radius 3 is 0.943 bits per heavy atom. The minimum atomic E-state index is -1.99. The van der Waals surface area contributed by atoms with Crippen LogP contribution < -0.4 is 31.9 Å². The van der Waals surface area contributed by atoms with E-state index in [4.69, 9.17) is 0 Å². The summed E-state index contributed by atoms with van der Waals surface area (Å²) in [5.74, 6) is -8.58. The van der Waals surface area contributed by atoms with Gasteiger partial charge in [0, 0.05) is 63.5 Å². The number of halogens is 7. The van der Waals surface area contributed by atoms with Crippen LogP contribution in [0, 0.1) is 38.8 Å². The second-order valence-electron chi connectivity index (χ2n) is 18.8. The number of amides is 9. The number of aliphatic hydroxyl groups excluding tert-OH is 12. The molecule has 0 aliphatic heterocycles. The highest BCUT2D eigenvalue weighted by atomic mass is 127. The maximum Gasteiger partial charge on any atom is 0.255 e. The van der Waals surface area contributed by atoms with E-state index in [2.05, 4.69) is 31.9 Å². The number of likely N-dealkylation sites (N-methyl/N-ethyl adjacent to an activating group) is 2. The molecule has 3 aromatic rings. The van der Waals surface area contributed by atoms with Gasteiger partial charge in [-0.15, -0.1) is 0 Å². The molecule has 0 bridgehead atoms. The topological polar surface area (TPSA) is 478 Å². The number of nitrogens with one attached hydrogen (secondary N) is 6. The van der Waals surface area contributed by atoms with Gasteiger partial charge in [0.2, 0.25) is 0 Å². The third-order valence-electron chi connectivity index (χ3n) is 12.6. The molecule has 37 heteroatoms. The van der Waals surface area contributed by atoms with E-state index in [0.717, 1.165) is 14.7 Å². The number of hydrogen-bond acceptors (Lipinski definition) is 21. The largest absolute Gasteiger partial charge is 0.394 e. The van der Waals surface area contributed by atoms with Gasteiger partial charge in [-0.25, -0.2) is 0 Å². The molecule has 0 saturated heterocycles. The molecule has 482 valence electrons. The smallest absolute Gasteiger partial charge is 0.255 e. The lowest BCUT2D eigenvalue weighted by Crippen LogP contribution is -2.45. The molecule has 6 atom stereocenters. The van der Waals surface area contributed by atoms with Crippen LogP contribution in [0.2, 0.25) is 0 Å². The molecule has 0 heterocycles. The second-order valence-corrected chi connectivity index (χ2v) is 26.3. The van der Waals surface area contributed by atoms with E-state index in [1.54, 1.807) is 158 Å². The molecule has 3 aromatic carbocycles. The zero-order valence-corrected chi connectivity index (χ0v) is 61.3. The quantitative estimate of drug-likeness (QED) is 0.0311. The lowest BCUT2D eigenvalue weighted by molar-refractivity contribution is -0.126. The van der Waals surface area contributed by atoms with Crippen LogP contribution in [0.4, 0.5) is 17.1 Å². The molecule has 0 radical (unpaired) electrons. The average molecular weight is 2010 g/mol. The minimum absolute atomic E-state index is 0.0153. The first-order valence-electron chi connectivity index (χ1n) is 25.3.